The lowest BCUT2D eigenvalue weighted by molar-refractivity contribution is 0.246. The van der Waals surface area contributed by atoms with Gasteiger partial charge in [0, 0.05) is 25.0 Å². The normalized spacial score (nSPS) is 48.4. The Labute approximate surface area is 91.8 Å². The van der Waals surface area contributed by atoms with Crippen LogP contribution < -0.4 is 0 Å². The van der Waals surface area contributed by atoms with E-state index in [9.17, 15) is 0 Å². The molecule has 0 spiro atoms. The number of likely N-dealkylation sites (tertiary alicyclic amines) is 1. The van der Waals surface area contributed by atoms with Crippen molar-refractivity contribution in [2.75, 3.05) is 19.0 Å². The number of fused-ring (bicyclic) bond motifs is 5. The maximum atomic E-state index is 5.94. The molecule has 3 rings (SSSR count). The summed E-state index contributed by atoms with van der Waals surface area (Å²) in [5, 5.41) is 0. The van der Waals surface area contributed by atoms with Crippen LogP contribution >= 0.6 is 11.6 Å². The fraction of sp³-hybridized carbons (Fsp3) is 1.00. The van der Waals surface area contributed by atoms with E-state index in [0.717, 1.165) is 29.6 Å². The van der Waals surface area contributed by atoms with E-state index in [-0.39, 0.29) is 0 Å². The molecule has 0 aromatic heterocycles. The van der Waals surface area contributed by atoms with Crippen LogP contribution in [0.15, 0.2) is 0 Å². The van der Waals surface area contributed by atoms with Crippen LogP contribution in [0, 0.1) is 23.7 Å². The molecule has 2 heteroatoms. The Bertz CT molecular complexity index is 212. The van der Waals surface area contributed by atoms with E-state index in [0.29, 0.717) is 6.04 Å². The summed E-state index contributed by atoms with van der Waals surface area (Å²) in [6, 6.07) is 0.599. The Morgan fingerprint density at radius 3 is 2.29 bits per heavy atom. The summed E-state index contributed by atoms with van der Waals surface area (Å²) in [6.07, 6.45) is 4.60. The first kappa shape index (κ1) is 9.47. The summed E-state index contributed by atoms with van der Waals surface area (Å²) in [5.74, 6) is 5.04. The molecule has 0 radical (unpaired) electrons. The molecule has 2 saturated carbocycles. The first-order valence-corrected chi connectivity index (χ1v) is 6.63. The molecule has 0 amide bonds. The molecule has 1 aliphatic heterocycles. The van der Waals surface area contributed by atoms with E-state index in [2.05, 4.69) is 11.8 Å². The lowest BCUT2D eigenvalue weighted by Gasteiger charge is -2.23. The molecule has 14 heavy (non-hydrogen) atoms. The Kier molecular flexibility index (Phi) is 2.29. The molecule has 2 bridgehead atoms. The summed E-state index contributed by atoms with van der Waals surface area (Å²) in [6.45, 7) is 4.97. The molecule has 5 atom stereocenters. The predicted molar refractivity (Wildman–Crippen MR) is 59.6 cm³/mol. The maximum absolute atomic E-state index is 5.94. The fourth-order valence-corrected chi connectivity index (χ4v) is 4.37. The maximum Gasteiger partial charge on any atom is 0.0376 e. The largest absolute Gasteiger partial charge is 0.299 e. The van der Waals surface area contributed by atoms with Gasteiger partial charge in [0.05, 0.1) is 0 Å². The molecule has 80 valence electrons. The zero-order valence-electron chi connectivity index (χ0n) is 8.95. The molecular formula is C12H20ClN. The highest BCUT2D eigenvalue weighted by Crippen LogP contribution is 2.55. The smallest absolute Gasteiger partial charge is 0.0376 e. The summed E-state index contributed by atoms with van der Waals surface area (Å²) in [7, 11) is 0. The zero-order chi connectivity index (χ0) is 9.71. The molecule has 0 N–H and O–H groups in total. The standard InChI is InChI=1S/C12H20ClN/c1-8(5-13)14-6-11-9-2-3-10(4-9)12(11)7-14/h8-12H,2-7H2,1H3/t8?,9-,10+,11-,12+. The van der Waals surface area contributed by atoms with E-state index in [1.807, 2.05) is 0 Å². The van der Waals surface area contributed by atoms with Crippen molar-refractivity contribution in [3.63, 3.8) is 0 Å². The summed E-state index contributed by atoms with van der Waals surface area (Å²) in [5.41, 5.74) is 0. The van der Waals surface area contributed by atoms with Gasteiger partial charge in [0.25, 0.3) is 0 Å². The van der Waals surface area contributed by atoms with Crippen molar-refractivity contribution in [1.82, 2.24) is 4.90 Å². The van der Waals surface area contributed by atoms with Crippen molar-refractivity contribution in [3.8, 4) is 0 Å². The van der Waals surface area contributed by atoms with Crippen molar-refractivity contribution in [2.45, 2.75) is 32.2 Å². The molecule has 3 aliphatic rings. The molecule has 1 saturated heterocycles. The molecule has 0 aromatic rings. The van der Waals surface area contributed by atoms with Gasteiger partial charge in [0.1, 0.15) is 0 Å². The van der Waals surface area contributed by atoms with Crippen molar-refractivity contribution in [1.29, 1.82) is 0 Å². The third-order valence-electron chi connectivity index (χ3n) is 5.01. The van der Waals surface area contributed by atoms with Crippen molar-refractivity contribution < 1.29 is 0 Å². The van der Waals surface area contributed by atoms with Crippen LogP contribution in [0.4, 0.5) is 0 Å². The van der Waals surface area contributed by atoms with Crippen molar-refractivity contribution in [2.24, 2.45) is 23.7 Å². The summed E-state index contributed by atoms with van der Waals surface area (Å²) >= 11 is 5.94. The van der Waals surface area contributed by atoms with E-state index in [1.54, 1.807) is 6.42 Å². The Morgan fingerprint density at radius 2 is 1.79 bits per heavy atom. The van der Waals surface area contributed by atoms with Gasteiger partial charge in [-0.1, -0.05) is 0 Å². The molecule has 2 aliphatic carbocycles. The van der Waals surface area contributed by atoms with Crippen LogP contribution in [0.3, 0.4) is 0 Å². The lowest BCUT2D eigenvalue weighted by atomic mass is 9.82. The number of nitrogens with zero attached hydrogens (tertiary/aromatic N) is 1. The van der Waals surface area contributed by atoms with E-state index < -0.39 is 0 Å². The second-order valence-corrected chi connectivity index (χ2v) is 5.93. The van der Waals surface area contributed by atoms with Gasteiger partial charge < -0.3 is 0 Å². The minimum Gasteiger partial charge on any atom is -0.299 e. The Morgan fingerprint density at radius 1 is 1.21 bits per heavy atom. The highest BCUT2D eigenvalue weighted by Gasteiger charge is 2.51. The average molecular weight is 214 g/mol. The van der Waals surface area contributed by atoms with Crippen LogP contribution in [-0.4, -0.2) is 29.9 Å². The number of hydrogen-bond donors (Lipinski definition) is 0. The molecule has 3 fully saturated rings. The number of halogens is 1. The van der Waals surface area contributed by atoms with Crippen LogP contribution in [0.5, 0.6) is 0 Å². The molecule has 1 unspecified atom stereocenters. The quantitative estimate of drug-likeness (QED) is 0.638. The van der Waals surface area contributed by atoms with Gasteiger partial charge in [0.2, 0.25) is 0 Å². The van der Waals surface area contributed by atoms with Crippen LogP contribution in [0.1, 0.15) is 26.2 Å². The minimum absolute atomic E-state index is 0.599. The fourth-order valence-electron chi connectivity index (χ4n) is 4.17. The second-order valence-electron chi connectivity index (χ2n) is 5.62. The van der Waals surface area contributed by atoms with Crippen molar-refractivity contribution >= 4 is 11.6 Å². The van der Waals surface area contributed by atoms with E-state index in [4.69, 9.17) is 11.6 Å². The van der Waals surface area contributed by atoms with Gasteiger partial charge in [-0.25, -0.2) is 0 Å². The molecule has 1 heterocycles. The summed E-state index contributed by atoms with van der Waals surface area (Å²) < 4.78 is 0. The first-order chi connectivity index (χ1) is 6.79. The van der Waals surface area contributed by atoms with Gasteiger partial charge in [-0.3, -0.25) is 4.90 Å². The Balaban J connectivity index is 1.70. The number of hydrogen-bond acceptors (Lipinski definition) is 1. The van der Waals surface area contributed by atoms with Crippen molar-refractivity contribution in [3.05, 3.63) is 0 Å². The monoisotopic (exact) mass is 213 g/mol. The predicted octanol–water partition coefficient (Wildman–Crippen LogP) is 2.59. The van der Waals surface area contributed by atoms with Gasteiger partial charge in [-0.15, -0.1) is 11.6 Å². The highest BCUT2D eigenvalue weighted by molar-refractivity contribution is 6.18. The van der Waals surface area contributed by atoms with Gasteiger partial charge in [-0.05, 0) is 49.9 Å². The molecule has 1 nitrogen and oxygen atoms in total. The van der Waals surface area contributed by atoms with E-state index >= 15 is 0 Å². The zero-order valence-corrected chi connectivity index (χ0v) is 9.71. The lowest BCUT2D eigenvalue weighted by Crippen LogP contribution is -2.33. The topological polar surface area (TPSA) is 3.24 Å². The van der Waals surface area contributed by atoms with Crippen LogP contribution in [0.2, 0.25) is 0 Å². The number of rotatable bonds is 2. The van der Waals surface area contributed by atoms with E-state index in [1.165, 1.54) is 25.9 Å². The highest BCUT2D eigenvalue weighted by atomic mass is 35.5. The van der Waals surface area contributed by atoms with Gasteiger partial charge in [-0.2, -0.15) is 0 Å². The average Bonchev–Trinajstić information content (AvgIpc) is 2.87. The third-order valence-corrected chi connectivity index (χ3v) is 5.46. The first-order valence-electron chi connectivity index (χ1n) is 6.09. The minimum atomic E-state index is 0.599. The molecule has 0 aromatic carbocycles. The van der Waals surface area contributed by atoms with Crippen LogP contribution in [0.25, 0.3) is 0 Å². The molecular weight excluding hydrogens is 194 g/mol. The van der Waals surface area contributed by atoms with Crippen LogP contribution in [-0.2, 0) is 0 Å². The Hall–Kier alpha value is 0.250. The van der Waals surface area contributed by atoms with Gasteiger partial charge >= 0.3 is 0 Å². The third kappa shape index (κ3) is 1.25. The summed E-state index contributed by atoms with van der Waals surface area (Å²) in [4.78, 5) is 2.63. The second kappa shape index (κ2) is 3.38. The van der Waals surface area contributed by atoms with Gasteiger partial charge in [0.15, 0.2) is 0 Å². The number of alkyl halides is 1. The SMILES string of the molecule is CC(CCl)N1C[C@@H]2[C@@H]3CC[C@@H](C3)[C@@H]2C1.